The quantitative estimate of drug-likeness (QED) is 0.883. The van der Waals surface area contributed by atoms with E-state index in [1.165, 1.54) is 0 Å². The van der Waals surface area contributed by atoms with Crippen LogP contribution in [0.15, 0.2) is 28.9 Å². The molecular formula is C15H17BrN2O3. The molecule has 0 fully saturated rings. The molecule has 0 bridgehead atoms. The van der Waals surface area contributed by atoms with Crippen LogP contribution in [-0.4, -0.2) is 26.3 Å². The normalized spacial score (nSPS) is 10.1. The molecule has 0 radical (unpaired) electrons. The Morgan fingerprint density at radius 1 is 1.05 bits per heavy atom. The fourth-order valence-corrected chi connectivity index (χ4v) is 2.25. The van der Waals surface area contributed by atoms with Crippen LogP contribution in [-0.2, 0) is 0 Å². The number of anilines is 2. The summed E-state index contributed by atoms with van der Waals surface area (Å²) in [6, 6.07) is 5.60. The molecule has 5 nitrogen and oxygen atoms in total. The number of aryl methyl sites for hydroxylation is 1. The average molecular weight is 353 g/mol. The minimum absolute atomic E-state index is 0.557. The number of ether oxygens (including phenoxy) is 3. The first-order chi connectivity index (χ1) is 10.1. The summed E-state index contributed by atoms with van der Waals surface area (Å²) in [6.07, 6.45) is 1.75. The highest BCUT2D eigenvalue weighted by molar-refractivity contribution is 9.10. The molecule has 0 saturated carbocycles. The van der Waals surface area contributed by atoms with E-state index in [0.29, 0.717) is 17.2 Å². The average Bonchev–Trinajstić information content (AvgIpc) is 2.50. The molecule has 0 aliphatic rings. The number of pyridine rings is 1. The third kappa shape index (κ3) is 3.21. The molecule has 112 valence electrons. The Labute approximate surface area is 132 Å². The molecule has 1 heterocycles. The third-order valence-corrected chi connectivity index (χ3v) is 4.01. The standard InChI is InChI=1S/C15H17BrN2O3/c1-9-5-6-17-15(13(9)16)18-10-7-11(19-2)14(21-4)12(8-10)20-3/h5-8H,1-4H3,(H,17,18). The fourth-order valence-electron chi connectivity index (χ4n) is 1.92. The number of benzene rings is 1. The van der Waals surface area contributed by atoms with E-state index in [-0.39, 0.29) is 0 Å². The lowest BCUT2D eigenvalue weighted by atomic mass is 10.2. The van der Waals surface area contributed by atoms with E-state index in [1.54, 1.807) is 27.5 Å². The number of rotatable bonds is 5. The topological polar surface area (TPSA) is 52.6 Å². The maximum absolute atomic E-state index is 5.33. The number of aromatic nitrogens is 1. The Morgan fingerprint density at radius 3 is 2.19 bits per heavy atom. The third-order valence-electron chi connectivity index (χ3n) is 3.01. The second-order valence-corrected chi connectivity index (χ2v) is 5.12. The van der Waals surface area contributed by atoms with Gasteiger partial charge < -0.3 is 19.5 Å². The summed E-state index contributed by atoms with van der Waals surface area (Å²) in [5.74, 6) is 2.46. The van der Waals surface area contributed by atoms with Crippen molar-refractivity contribution >= 4 is 27.4 Å². The van der Waals surface area contributed by atoms with E-state index in [9.17, 15) is 0 Å². The van der Waals surface area contributed by atoms with Crippen molar-refractivity contribution in [3.63, 3.8) is 0 Å². The van der Waals surface area contributed by atoms with Crippen molar-refractivity contribution in [2.24, 2.45) is 0 Å². The number of nitrogens with zero attached hydrogens (tertiary/aromatic N) is 1. The van der Waals surface area contributed by atoms with Gasteiger partial charge >= 0.3 is 0 Å². The second kappa shape index (κ2) is 6.67. The van der Waals surface area contributed by atoms with Gasteiger partial charge in [-0.25, -0.2) is 4.98 Å². The number of halogens is 1. The van der Waals surface area contributed by atoms with Gasteiger partial charge in [0.05, 0.1) is 25.8 Å². The molecule has 0 amide bonds. The Morgan fingerprint density at radius 2 is 1.67 bits per heavy atom. The monoisotopic (exact) mass is 352 g/mol. The summed E-state index contributed by atoms with van der Waals surface area (Å²) in [5.41, 5.74) is 1.89. The minimum Gasteiger partial charge on any atom is -0.493 e. The molecule has 0 saturated heterocycles. The number of hydrogen-bond donors (Lipinski definition) is 1. The summed E-state index contributed by atoms with van der Waals surface area (Å²) in [6.45, 7) is 2.01. The molecule has 21 heavy (non-hydrogen) atoms. The smallest absolute Gasteiger partial charge is 0.203 e. The molecule has 1 aromatic carbocycles. The highest BCUT2D eigenvalue weighted by atomic mass is 79.9. The zero-order chi connectivity index (χ0) is 15.4. The summed E-state index contributed by atoms with van der Waals surface area (Å²) < 4.78 is 16.9. The molecule has 2 aromatic rings. The molecular weight excluding hydrogens is 336 g/mol. The van der Waals surface area contributed by atoms with Crippen LogP contribution in [0.4, 0.5) is 11.5 Å². The van der Waals surface area contributed by atoms with Crippen LogP contribution in [0.1, 0.15) is 5.56 Å². The van der Waals surface area contributed by atoms with Crippen LogP contribution in [0.3, 0.4) is 0 Å². The van der Waals surface area contributed by atoms with Crippen LogP contribution >= 0.6 is 15.9 Å². The molecule has 0 atom stereocenters. The second-order valence-electron chi connectivity index (χ2n) is 4.33. The summed E-state index contributed by atoms with van der Waals surface area (Å²) in [7, 11) is 4.75. The van der Waals surface area contributed by atoms with Crippen molar-refractivity contribution in [1.29, 1.82) is 0 Å². The van der Waals surface area contributed by atoms with E-state index in [2.05, 4.69) is 26.2 Å². The Bertz CT molecular complexity index is 622. The van der Waals surface area contributed by atoms with Gasteiger partial charge in [-0.15, -0.1) is 0 Å². The molecule has 6 heteroatoms. The first-order valence-electron chi connectivity index (χ1n) is 6.28. The van der Waals surface area contributed by atoms with E-state index in [4.69, 9.17) is 14.2 Å². The van der Waals surface area contributed by atoms with E-state index < -0.39 is 0 Å². The van der Waals surface area contributed by atoms with E-state index in [0.717, 1.165) is 21.5 Å². The molecule has 0 aliphatic carbocycles. The van der Waals surface area contributed by atoms with Crippen molar-refractivity contribution < 1.29 is 14.2 Å². The van der Waals surface area contributed by atoms with Gasteiger partial charge in [-0.1, -0.05) is 0 Å². The molecule has 1 aromatic heterocycles. The zero-order valence-corrected chi connectivity index (χ0v) is 13.9. The van der Waals surface area contributed by atoms with Gasteiger partial charge in [0.1, 0.15) is 5.82 Å². The van der Waals surface area contributed by atoms with Crippen LogP contribution in [0.2, 0.25) is 0 Å². The number of methoxy groups -OCH3 is 3. The SMILES string of the molecule is COc1cc(Nc2nccc(C)c2Br)cc(OC)c1OC. The Hall–Kier alpha value is -1.95. The van der Waals surface area contributed by atoms with Gasteiger partial charge in [0, 0.05) is 24.0 Å². The minimum atomic E-state index is 0.557. The highest BCUT2D eigenvalue weighted by Crippen LogP contribution is 2.41. The Balaban J connectivity index is 2.43. The molecule has 2 rings (SSSR count). The van der Waals surface area contributed by atoms with Gasteiger partial charge in [-0.3, -0.25) is 0 Å². The van der Waals surface area contributed by atoms with Crippen LogP contribution in [0.25, 0.3) is 0 Å². The molecule has 0 unspecified atom stereocenters. The highest BCUT2D eigenvalue weighted by Gasteiger charge is 2.14. The van der Waals surface area contributed by atoms with E-state index in [1.807, 2.05) is 25.1 Å². The fraction of sp³-hybridized carbons (Fsp3) is 0.267. The maximum Gasteiger partial charge on any atom is 0.203 e. The van der Waals surface area contributed by atoms with Gasteiger partial charge in [0.15, 0.2) is 11.5 Å². The maximum atomic E-state index is 5.33. The van der Waals surface area contributed by atoms with Gasteiger partial charge in [0.2, 0.25) is 5.75 Å². The van der Waals surface area contributed by atoms with Crippen molar-refractivity contribution in [2.75, 3.05) is 26.6 Å². The van der Waals surface area contributed by atoms with Crippen molar-refractivity contribution in [1.82, 2.24) is 4.98 Å². The van der Waals surface area contributed by atoms with Crippen molar-refractivity contribution in [2.45, 2.75) is 6.92 Å². The lowest BCUT2D eigenvalue weighted by Gasteiger charge is -2.15. The summed E-state index contributed by atoms with van der Waals surface area (Å²) in [4.78, 5) is 4.32. The summed E-state index contributed by atoms with van der Waals surface area (Å²) in [5, 5.41) is 3.24. The van der Waals surface area contributed by atoms with Crippen LogP contribution < -0.4 is 19.5 Å². The summed E-state index contributed by atoms with van der Waals surface area (Å²) >= 11 is 3.52. The number of hydrogen-bond acceptors (Lipinski definition) is 5. The predicted molar refractivity (Wildman–Crippen MR) is 86.1 cm³/mol. The molecule has 1 N–H and O–H groups in total. The lowest BCUT2D eigenvalue weighted by molar-refractivity contribution is 0.324. The van der Waals surface area contributed by atoms with Gasteiger partial charge in [-0.2, -0.15) is 0 Å². The number of nitrogens with one attached hydrogen (secondary N) is 1. The van der Waals surface area contributed by atoms with Crippen LogP contribution in [0.5, 0.6) is 17.2 Å². The first-order valence-corrected chi connectivity index (χ1v) is 7.08. The largest absolute Gasteiger partial charge is 0.493 e. The first kappa shape index (κ1) is 15.4. The molecule has 0 spiro atoms. The van der Waals surface area contributed by atoms with E-state index >= 15 is 0 Å². The lowest BCUT2D eigenvalue weighted by Crippen LogP contribution is -1.99. The Kier molecular flexibility index (Phi) is 4.90. The van der Waals surface area contributed by atoms with Crippen LogP contribution in [0, 0.1) is 6.92 Å². The van der Waals surface area contributed by atoms with Gasteiger partial charge in [-0.05, 0) is 34.5 Å². The van der Waals surface area contributed by atoms with Crippen molar-refractivity contribution in [3.8, 4) is 17.2 Å². The van der Waals surface area contributed by atoms with Gasteiger partial charge in [0.25, 0.3) is 0 Å². The predicted octanol–water partition coefficient (Wildman–Crippen LogP) is 3.92. The molecule has 0 aliphatic heterocycles. The van der Waals surface area contributed by atoms with Crippen molar-refractivity contribution in [3.05, 3.63) is 34.4 Å². The zero-order valence-electron chi connectivity index (χ0n) is 12.4.